The van der Waals surface area contributed by atoms with Gasteiger partial charge in [0.25, 0.3) is 0 Å². The van der Waals surface area contributed by atoms with Gasteiger partial charge in [-0.25, -0.2) is 0 Å². The van der Waals surface area contributed by atoms with E-state index in [2.05, 4.69) is 6.58 Å². The Morgan fingerprint density at radius 2 is 2.27 bits per heavy atom. The van der Waals surface area contributed by atoms with E-state index in [1.165, 1.54) is 0 Å². The topological polar surface area (TPSA) is 29.5 Å². The number of ether oxygens (including phenoxy) is 1. The van der Waals surface area contributed by atoms with Crippen molar-refractivity contribution in [3.63, 3.8) is 0 Å². The van der Waals surface area contributed by atoms with E-state index in [0.717, 1.165) is 0 Å². The molecule has 0 aliphatic carbocycles. The molecule has 0 aromatic rings. The lowest BCUT2D eigenvalue weighted by Crippen LogP contribution is -2.41. The Morgan fingerprint density at radius 1 is 1.64 bits per heavy atom. The molecule has 1 aliphatic heterocycles. The molecule has 0 aromatic carbocycles. The van der Waals surface area contributed by atoms with Gasteiger partial charge in [0.15, 0.2) is 5.78 Å². The molecular formula is C8H13NO2. The highest BCUT2D eigenvalue weighted by Gasteiger charge is 2.28. The van der Waals surface area contributed by atoms with Gasteiger partial charge in [-0.1, -0.05) is 6.58 Å². The first-order valence-electron chi connectivity index (χ1n) is 3.63. The fourth-order valence-corrected chi connectivity index (χ4v) is 1.25. The summed E-state index contributed by atoms with van der Waals surface area (Å²) in [6, 6.07) is -0.233. The maximum atomic E-state index is 11.3. The van der Waals surface area contributed by atoms with E-state index < -0.39 is 0 Å². The Labute approximate surface area is 66.6 Å². The zero-order valence-electron chi connectivity index (χ0n) is 6.96. The third kappa shape index (κ3) is 1.60. The largest absolute Gasteiger partial charge is 0.496 e. The van der Waals surface area contributed by atoms with Crippen LogP contribution in [0.4, 0.5) is 0 Å². The molecule has 1 aliphatic rings. The summed E-state index contributed by atoms with van der Waals surface area (Å²) in [6.07, 6.45) is 0.502. The van der Waals surface area contributed by atoms with E-state index in [9.17, 15) is 4.79 Å². The van der Waals surface area contributed by atoms with Crippen molar-refractivity contribution in [1.29, 1.82) is 0 Å². The van der Waals surface area contributed by atoms with E-state index in [4.69, 9.17) is 4.74 Å². The molecule has 0 amide bonds. The lowest BCUT2D eigenvalue weighted by Gasteiger charge is -2.28. The first-order valence-corrected chi connectivity index (χ1v) is 3.63. The number of carbonyl (C=O) groups excluding carboxylic acids is 1. The number of Topliss-reactive ketones (excluding diaryl/α,β-unsaturated/α-hetero) is 1. The molecule has 3 heteroatoms. The fraction of sp³-hybridized carbons (Fsp3) is 0.625. The number of rotatable bonds is 1. The van der Waals surface area contributed by atoms with Crippen LogP contribution in [0, 0.1) is 0 Å². The molecule has 62 valence electrons. The normalized spacial score (nSPS) is 25.5. The Morgan fingerprint density at radius 3 is 2.64 bits per heavy atom. The summed E-state index contributed by atoms with van der Waals surface area (Å²) < 4.78 is 5.17. The van der Waals surface area contributed by atoms with Gasteiger partial charge in [-0.2, -0.15) is 0 Å². The summed E-state index contributed by atoms with van der Waals surface area (Å²) in [5, 5.41) is 0. The molecule has 3 nitrogen and oxygen atoms in total. The Kier molecular flexibility index (Phi) is 2.29. The van der Waals surface area contributed by atoms with Gasteiger partial charge in [0, 0.05) is 6.42 Å². The number of ketones is 1. The zero-order chi connectivity index (χ0) is 8.43. The van der Waals surface area contributed by atoms with Crippen LogP contribution in [0.5, 0.6) is 0 Å². The second kappa shape index (κ2) is 3.05. The smallest absolute Gasteiger partial charge is 0.161 e. The van der Waals surface area contributed by atoms with Crippen LogP contribution in [0.3, 0.4) is 0 Å². The number of carbonyl (C=O) groups is 1. The van der Waals surface area contributed by atoms with Crippen molar-refractivity contribution in [2.45, 2.75) is 12.5 Å². The van der Waals surface area contributed by atoms with Crippen LogP contribution in [0.2, 0.25) is 0 Å². The van der Waals surface area contributed by atoms with Crippen LogP contribution in [-0.4, -0.2) is 37.4 Å². The average Bonchev–Trinajstić information content (AvgIpc) is 1.85. The van der Waals surface area contributed by atoms with Crippen molar-refractivity contribution >= 4 is 5.78 Å². The quantitative estimate of drug-likeness (QED) is 0.549. The van der Waals surface area contributed by atoms with Crippen LogP contribution >= 0.6 is 0 Å². The van der Waals surface area contributed by atoms with Crippen LogP contribution in [-0.2, 0) is 9.53 Å². The molecule has 0 saturated carbocycles. The standard InChI is InChI=1S/C8H13NO2/c1-6-8(9(2)3)7(10)4-5-11-6/h8H,1,4-5H2,2-3H3. The molecule has 1 atom stereocenters. The van der Waals surface area contributed by atoms with E-state index in [1.54, 1.807) is 0 Å². The average molecular weight is 155 g/mol. The first-order chi connectivity index (χ1) is 5.13. The van der Waals surface area contributed by atoms with E-state index in [1.807, 2.05) is 19.0 Å². The minimum atomic E-state index is -0.233. The number of hydrogen-bond donors (Lipinski definition) is 0. The van der Waals surface area contributed by atoms with Crippen molar-refractivity contribution < 1.29 is 9.53 Å². The minimum Gasteiger partial charge on any atom is -0.496 e. The Bertz CT molecular complexity index is 171. The molecule has 1 fully saturated rings. The van der Waals surface area contributed by atoms with Crippen molar-refractivity contribution in [3.05, 3.63) is 12.3 Å². The SMILES string of the molecule is C=C1OCCC(=O)C1N(C)C. The van der Waals surface area contributed by atoms with Gasteiger partial charge in [-0.05, 0) is 14.1 Å². The molecule has 0 N–H and O–H groups in total. The summed E-state index contributed by atoms with van der Waals surface area (Å²) in [7, 11) is 3.70. The van der Waals surface area contributed by atoms with Crippen molar-refractivity contribution in [2.75, 3.05) is 20.7 Å². The summed E-state index contributed by atoms with van der Waals surface area (Å²) in [5.41, 5.74) is 0. The first kappa shape index (κ1) is 8.27. The Hall–Kier alpha value is -0.830. The third-order valence-corrected chi connectivity index (χ3v) is 1.76. The molecule has 0 spiro atoms. The molecule has 1 saturated heterocycles. The van der Waals surface area contributed by atoms with E-state index in [-0.39, 0.29) is 11.8 Å². The predicted molar refractivity (Wildman–Crippen MR) is 42.2 cm³/mol. The lowest BCUT2D eigenvalue weighted by atomic mass is 10.1. The molecular weight excluding hydrogens is 142 g/mol. The monoisotopic (exact) mass is 155 g/mol. The number of likely N-dealkylation sites (N-methyl/N-ethyl adjacent to an activating group) is 1. The maximum Gasteiger partial charge on any atom is 0.161 e. The van der Waals surface area contributed by atoms with Crippen LogP contribution in [0.25, 0.3) is 0 Å². The van der Waals surface area contributed by atoms with Gasteiger partial charge >= 0.3 is 0 Å². The van der Waals surface area contributed by atoms with Gasteiger partial charge in [0.1, 0.15) is 11.8 Å². The highest BCUT2D eigenvalue weighted by molar-refractivity contribution is 5.87. The highest BCUT2D eigenvalue weighted by Crippen LogP contribution is 2.15. The van der Waals surface area contributed by atoms with Crippen molar-refractivity contribution in [3.8, 4) is 0 Å². The Balaban J connectivity index is 2.71. The third-order valence-electron chi connectivity index (χ3n) is 1.76. The highest BCUT2D eigenvalue weighted by atomic mass is 16.5. The van der Waals surface area contributed by atoms with Gasteiger partial charge < -0.3 is 4.74 Å². The molecule has 1 rings (SSSR count). The van der Waals surface area contributed by atoms with Gasteiger partial charge in [0.05, 0.1) is 6.61 Å². The molecule has 1 unspecified atom stereocenters. The zero-order valence-corrected chi connectivity index (χ0v) is 6.96. The lowest BCUT2D eigenvalue weighted by molar-refractivity contribution is -0.127. The van der Waals surface area contributed by atoms with Gasteiger partial charge in [-0.15, -0.1) is 0 Å². The maximum absolute atomic E-state index is 11.3. The second-order valence-corrected chi connectivity index (χ2v) is 2.90. The van der Waals surface area contributed by atoms with E-state index >= 15 is 0 Å². The summed E-state index contributed by atoms with van der Waals surface area (Å²) in [4.78, 5) is 13.1. The number of hydrogen-bond acceptors (Lipinski definition) is 3. The molecule has 0 bridgehead atoms. The molecule has 1 heterocycles. The van der Waals surface area contributed by atoms with Crippen LogP contribution in [0.15, 0.2) is 12.3 Å². The molecule has 11 heavy (non-hydrogen) atoms. The number of nitrogens with zero attached hydrogens (tertiary/aromatic N) is 1. The van der Waals surface area contributed by atoms with Crippen LogP contribution < -0.4 is 0 Å². The fourth-order valence-electron chi connectivity index (χ4n) is 1.25. The summed E-state index contributed by atoms with van der Waals surface area (Å²) in [6.45, 7) is 4.17. The van der Waals surface area contributed by atoms with E-state index in [0.29, 0.717) is 18.8 Å². The molecule has 0 radical (unpaired) electrons. The van der Waals surface area contributed by atoms with Gasteiger partial charge in [0.2, 0.25) is 0 Å². The van der Waals surface area contributed by atoms with Crippen molar-refractivity contribution in [2.24, 2.45) is 0 Å². The minimum absolute atomic E-state index is 0.200. The predicted octanol–water partition coefficient (Wildman–Crippen LogP) is 0.420. The summed E-state index contributed by atoms with van der Waals surface area (Å²) >= 11 is 0. The summed E-state index contributed by atoms with van der Waals surface area (Å²) in [5.74, 6) is 0.775. The van der Waals surface area contributed by atoms with Gasteiger partial charge in [-0.3, -0.25) is 9.69 Å². The van der Waals surface area contributed by atoms with Crippen molar-refractivity contribution in [1.82, 2.24) is 4.90 Å². The second-order valence-electron chi connectivity index (χ2n) is 2.90. The molecule has 0 aromatic heterocycles. The van der Waals surface area contributed by atoms with Crippen LogP contribution in [0.1, 0.15) is 6.42 Å².